The van der Waals surface area contributed by atoms with Crippen molar-refractivity contribution in [1.29, 1.82) is 0 Å². The van der Waals surface area contributed by atoms with E-state index >= 15 is 0 Å². The number of morpholine rings is 1. The maximum absolute atomic E-state index is 13.5. The van der Waals surface area contributed by atoms with Crippen molar-refractivity contribution >= 4 is 11.8 Å². The quantitative estimate of drug-likeness (QED) is 0.761. The zero-order chi connectivity index (χ0) is 19.0. The number of aromatic nitrogens is 2. The van der Waals surface area contributed by atoms with Crippen molar-refractivity contribution in [2.75, 3.05) is 40.0 Å². The van der Waals surface area contributed by atoms with Crippen LogP contribution >= 0.6 is 0 Å². The summed E-state index contributed by atoms with van der Waals surface area (Å²) in [6.07, 6.45) is 7.43. The predicted octanol–water partition coefficient (Wildman–Crippen LogP) is 0.738. The van der Waals surface area contributed by atoms with Gasteiger partial charge in [-0.1, -0.05) is 12.8 Å². The van der Waals surface area contributed by atoms with E-state index in [2.05, 4.69) is 5.10 Å². The summed E-state index contributed by atoms with van der Waals surface area (Å²) in [6.45, 7) is 2.49. The lowest BCUT2D eigenvalue weighted by Gasteiger charge is -2.40. The van der Waals surface area contributed by atoms with E-state index in [0.29, 0.717) is 19.7 Å². The summed E-state index contributed by atoms with van der Waals surface area (Å²) < 4.78 is 13.3. The molecular weight excluding hydrogens is 348 g/mol. The molecule has 148 valence electrons. The summed E-state index contributed by atoms with van der Waals surface area (Å²) in [5.41, 5.74) is 0.889. The van der Waals surface area contributed by atoms with E-state index in [-0.39, 0.29) is 23.8 Å². The molecule has 3 fully saturated rings. The van der Waals surface area contributed by atoms with E-state index in [1.165, 1.54) is 12.8 Å². The summed E-state index contributed by atoms with van der Waals surface area (Å²) in [7, 11) is 3.55. The second-order valence-electron chi connectivity index (χ2n) is 8.15. The van der Waals surface area contributed by atoms with E-state index < -0.39 is 12.1 Å². The largest absolute Gasteiger partial charge is 0.379 e. The maximum atomic E-state index is 13.5. The second kappa shape index (κ2) is 7.24. The summed E-state index contributed by atoms with van der Waals surface area (Å²) in [6, 6.07) is -0.462. The molecule has 0 N–H and O–H groups in total. The van der Waals surface area contributed by atoms with Crippen LogP contribution in [0.1, 0.15) is 37.3 Å². The fraction of sp³-hybridized carbons (Fsp3) is 0.737. The van der Waals surface area contributed by atoms with Gasteiger partial charge in [-0.25, -0.2) is 0 Å². The molecule has 2 aliphatic heterocycles. The number of ether oxygens (including phenoxy) is 2. The first kappa shape index (κ1) is 18.4. The minimum Gasteiger partial charge on any atom is -0.379 e. The smallest absolute Gasteiger partial charge is 0.254 e. The number of likely N-dealkylation sites (N-methyl/N-ethyl adjacent to an activating group) is 1. The minimum atomic E-state index is -0.714. The second-order valence-corrected chi connectivity index (χ2v) is 8.15. The Balaban J connectivity index is 1.59. The van der Waals surface area contributed by atoms with Gasteiger partial charge in [0.2, 0.25) is 5.91 Å². The summed E-state index contributed by atoms with van der Waals surface area (Å²) in [5.74, 6) is -0.181. The Morgan fingerprint density at radius 2 is 2.07 bits per heavy atom. The number of rotatable bonds is 2. The van der Waals surface area contributed by atoms with Crippen LogP contribution < -0.4 is 0 Å². The van der Waals surface area contributed by atoms with Gasteiger partial charge in [0.25, 0.3) is 5.91 Å². The molecule has 0 radical (unpaired) electrons. The molecule has 1 aliphatic carbocycles. The van der Waals surface area contributed by atoms with Crippen molar-refractivity contribution in [3.8, 4) is 0 Å². The number of carbonyl (C=O) groups is 2. The number of hydrogen-bond donors (Lipinski definition) is 0. The summed E-state index contributed by atoms with van der Waals surface area (Å²) in [4.78, 5) is 29.2. The van der Waals surface area contributed by atoms with Crippen LogP contribution in [0.5, 0.6) is 0 Å². The first-order valence-electron chi connectivity index (χ1n) is 9.71. The average molecular weight is 376 g/mol. The van der Waals surface area contributed by atoms with Gasteiger partial charge in [-0.2, -0.15) is 5.10 Å². The van der Waals surface area contributed by atoms with Crippen molar-refractivity contribution in [2.24, 2.45) is 12.5 Å². The Morgan fingerprint density at radius 1 is 1.30 bits per heavy atom. The highest BCUT2D eigenvalue weighted by Gasteiger charge is 2.45. The van der Waals surface area contributed by atoms with Gasteiger partial charge in [-0.15, -0.1) is 0 Å². The van der Waals surface area contributed by atoms with Crippen LogP contribution in [0.4, 0.5) is 0 Å². The molecule has 1 aromatic heterocycles. The molecule has 27 heavy (non-hydrogen) atoms. The lowest BCUT2D eigenvalue weighted by atomic mass is 9.86. The van der Waals surface area contributed by atoms with Gasteiger partial charge in [-0.05, 0) is 12.8 Å². The zero-order valence-electron chi connectivity index (χ0n) is 16.1. The molecule has 2 atom stereocenters. The molecule has 3 heterocycles. The summed E-state index contributed by atoms with van der Waals surface area (Å²) in [5, 5.41) is 4.21. The van der Waals surface area contributed by atoms with Crippen molar-refractivity contribution in [3.63, 3.8) is 0 Å². The number of amides is 2. The number of carbonyl (C=O) groups excluding carboxylic acids is 2. The van der Waals surface area contributed by atoms with Crippen LogP contribution in [0, 0.1) is 5.41 Å². The molecule has 2 amide bonds. The number of aryl methyl sites for hydroxylation is 1. The molecule has 8 heteroatoms. The third-order valence-electron chi connectivity index (χ3n) is 6.21. The monoisotopic (exact) mass is 376 g/mol. The van der Waals surface area contributed by atoms with E-state index in [4.69, 9.17) is 9.47 Å². The van der Waals surface area contributed by atoms with Crippen molar-refractivity contribution < 1.29 is 19.1 Å². The lowest BCUT2D eigenvalue weighted by molar-refractivity contribution is -0.168. The molecule has 4 rings (SSSR count). The van der Waals surface area contributed by atoms with Crippen molar-refractivity contribution in [1.82, 2.24) is 19.6 Å². The molecule has 0 aromatic carbocycles. The average Bonchev–Trinajstić information content (AvgIpc) is 3.22. The zero-order valence-corrected chi connectivity index (χ0v) is 16.1. The Hall–Kier alpha value is -1.93. The van der Waals surface area contributed by atoms with Gasteiger partial charge in [0.15, 0.2) is 6.10 Å². The summed E-state index contributed by atoms with van der Waals surface area (Å²) >= 11 is 0. The number of hydrogen-bond acceptors (Lipinski definition) is 5. The SMILES string of the molecule is CN1C(=O)CO[C@@H](C(=O)N2CCOCC3(CCCC3)C2)[C@@H]1c1cnn(C)c1. The van der Waals surface area contributed by atoms with Gasteiger partial charge in [0.05, 0.1) is 25.5 Å². The van der Waals surface area contributed by atoms with Crippen molar-refractivity contribution in [2.45, 2.75) is 37.8 Å². The third-order valence-corrected chi connectivity index (χ3v) is 6.21. The van der Waals surface area contributed by atoms with Crippen LogP contribution in [0.15, 0.2) is 12.4 Å². The van der Waals surface area contributed by atoms with Crippen LogP contribution in [-0.4, -0.2) is 77.5 Å². The molecule has 8 nitrogen and oxygen atoms in total. The normalized spacial score (nSPS) is 28.6. The van der Waals surface area contributed by atoms with Crippen molar-refractivity contribution in [3.05, 3.63) is 18.0 Å². The maximum Gasteiger partial charge on any atom is 0.254 e. The standard InChI is InChI=1S/C19H28N4O4/c1-21-10-14(9-20-21)16-17(27-11-15(24)22(16)2)18(25)23-7-8-26-13-19(12-23)5-3-4-6-19/h9-10,16-17H,3-8,11-13H2,1-2H3/t16-,17+/m0/s1. The Bertz CT molecular complexity index is 712. The molecule has 1 spiro atoms. The third kappa shape index (κ3) is 3.48. The molecular formula is C19H28N4O4. The molecule has 0 bridgehead atoms. The Labute approximate surface area is 159 Å². The Kier molecular flexibility index (Phi) is 4.94. The van der Waals surface area contributed by atoms with Gasteiger partial charge in [0, 0.05) is 44.4 Å². The first-order valence-corrected chi connectivity index (χ1v) is 9.71. The first-order chi connectivity index (χ1) is 13.0. The van der Waals surface area contributed by atoms with E-state index in [0.717, 1.165) is 25.0 Å². The van der Waals surface area contributed by atoms with E-state index in [9.17, 15) is 9.59 Å². The van der Waals surface area contributed by atoms with E-state index in [1.54, 1.807) is 22.8 Å². The minimum absolute atomic E-state index is 0.0556. The Morgan fingerprint density at radius 3 is 2.78 bits per heavy atom. The number of nitrogens with zero attached hydrogens (tertiary/aromatic N) is 4. The lowest BCUT2D eigenvalue weighted by Crippen LogP contribution is -2.55. The predicted molar refractivity (Wildman–Crippen MR) is 96.8 cm³/mol. The van der Waals surface area contributed by atoms with Crippen LogP contribution in [0.3, 0.4) is 0 Å². The van der Waals surface area contributed by atoms with Gasteiger partial charge >= 0.3 is 0 Å². The topological polar surface area (TPSA) is 76.9 Å². The van der Waals surface area contributed by atoms with Crippen LogP contribution in [-0.2, 0) is 26.1 Å². The van der Waals surface area contributed by atoms with E-state index in [1.807, 2.05) is 18.1 Å². The molecule has 3 aliphatic rings. The van der Waals surface area contributed by atoms with Gasteiger partial charge in [0.1, 0.15) is 6.61 Å². The molecule has 1 aromatic rings. The fourth-order valence-electron chi connectivity index (χ4n) is 4.70. The molecule has 0 unspecified atom stereocenters. The highest BCUT2D eigenvalue weighted by molar-refractivity contribution is 5.86. The highest BCUT2D eigenvalue weighted by atomic mass is 16.5. The fourth-order valence-corrected chi connectivity index (χ4v) is 4.70. The van der Waals surface area contributed by atoms with Crippen LogP contribution in [0.25, 0.3) is 0 Å². The van der Waals surface area contributed by atoms with Gasteiger partial charge in [-0.3, -0.25) is 14.3 Å². The van der Waals surface area contributed by atoms with Gasteiger partial charge < -0.3 is 19.3 Å². The highest BCUT2D eigenvalue weighted by Crippen LogP contribution is 2.40. The molecule has 1 saturated carbocycles. The van der Waals surface area contributed by atoms with Crippen LogP contribution in [0.2, 0.25) is 0 Å². The molecule has 2 saturated heterocycles.